The van der Waals surface area contributed by atoms with Crippen LogP contribution in [0, 0.1) is 6.92 Å². The third kappa shape index (κ3) is 3.50. The molecule has 0 aliphatic carbocycles. The average Bonchev–Trinajstić information content (AvgIpc) is 2.25. The molecule has 1 aliphatic rings. The molecular weight excluding hydrogens is 276 g/mol. The van der Waals surface area contributed by atoms with Crippen LogP contribution in [0.4, 0.5) is 5.69 Å². The van der Waals surface area contributed by atoms with Crippen LogP contribution >= 0.6 is 0 Å². The van der Waals surface area contributed by atoms with Gasteiger partial charge in [0.25, 0.3) is 0 Å². The smallest absolute Gasteiger partial charge is 0.241 e. The summed E-state index contributed by atoms with van der Waals surface area (Å²) < 4.78 is 33.3. The van der Waals surface area contributed by atoms with Crippen molar-refractivity contribution < 1.29 is 13.2 Å². The quantitative estimate of drug-likeness (QED) is 0.834. The number of benzene rings is 1. The SMILES string of the molecule is Cc1cc(N)ccc1S(=O)(=O)NC1CCOC(C)(C)C1. The van der Waals surface area contributed by atoms with Gasteiger partial charge in [0.2, 0.25) is 10.0 Å². The van der Waals surface area contributed by atoms with E-state index >= 15 is 0 Å². The molecule has 0 amide bonds. The second-order valence-corrected chi connectivity index (χ2v) is 7.63. The topological polar surface area (TPSA) is 81.4 Å². The summed E-state index contributed by atoms with van der Waals surface area (Å²) in [5, 5.41) is 0. The fourth-order valence-electron chi connectivity index (χ4n) is 2.59. The lowest BCUT2D eigenvalue weighted by atomic mass is 9.95. The van der Waals surface area contributed by atoms with Crippen LogP contribution in [-0.4, -0.2) is 26.7 Å². The van der Waals surface area contributed by atoms with Gasteiger partial charge in [-0.15, -0.1) is 0 Å². The maximum Gasteiger partial charge on any atom is 0.241 e. The van der Waals surface area contributed by atoms with Crippen molar-refractivity contribution in [1.82, 2.24) is 4.72 Å². The predicted octanol–water partition coefficient (Wildman–Crippen LogP) is 1.81. The number of hydrogen-bond acceptors (Lipinski definition) is 4. The molecular formula is C14H22N2O3S. The highest BCUT2D eigenvalue weighted by molar-refractivity contribution is 7.89. The largest absolute Gasteiger partial charge is 0.399 e. The molecule has 0 spiro atoms. The van der Waals surface area contributed by atoms with Crippen molar-refractivity contribution in [2.45, 2.75) is 50.2 Å². The summed E-state index contributed by atoms with van der Waals surface area (Å²) >= 11 is 0. The standard InChI is InChI=1S/C14H22N2O3S/c1-10-8-11(15)4-5-13(10)20(17,18)16-12-6-7-19-14(2,3)9-12/h4-5,8,12,16H,6-7,9,15H2,1-3H3. The van der Waals surface area contributed by atoms with Gasteiger partial charge in [-0.1, -0.05) is 0 Å². The van der Waals surface area contributed by atoms with Crippen LogP contribution in [0.3, 0.4) is 0 Å². The number of ether oxygens (including phenoxy) is 1. The van der Waals surface area contributed by atoms with E-state index in [1.54, 1.807) is 25.1 Å². The first-order chi connectivity index (χ1) is 9.20. The molecule has 0 bridgehead atoms. The number of hydrogen-bond donors (Lipinski definition) is 2. The summed E-state index contributed by atoms with van der Waals surface area (Å²) in [6.45, 7) is 6.27. The third-order valence-corrected chi connectivity index (χ3v) is 5.19. The Hall–Kier alpha value is -1.11. The molecule has 0 saturated carbocycles. The van der Waals surface area contributed by atoms with Gasteiger partial charge in [0.05, 0.1) is 10.5 Å². The van der Waals surface area contributed by atoms with E-state index in [4.69, 9.17) is 10.5 Å². The molecule has 20 heavy (non-hydrogen) atoms. The molecule has 1 aromatic rings. The molecule has 0 radical (unpaired) electrons. The molecule has 6 heteroatoms. The van der Waals surface area contributed by atoms with Crippen molar-refractivity contribution >= 4 is 15.7 Å². The highest BCUT2D eigenvalue weighted by Crippen LogP contribution is 2.26. The Labute approximate surface area is 120 Å². The Morgan fingerprint density at radius 3 is 2.70 bits per heavy atom. The van der Waals surface area contributed by atoms with E-state index in [-0.39, 0.29) is 16.5 Å². The molecule has 1 aromatic carbocycles. The van der Waals surface area contributed by atoms with E-state index in [2.05, 4.69) is 4.72 Å². The van der Waals surface area contributed by atoms with Crippen molar-refractivity contribution in [3.63, 3.8) is 0 Å². The Bertz CT molecular complexity index is 596. The van der Waals surface area contributed by atoms with Gasteiger partial charge in [-0.05, 0) is 57.4 Å². The number of nitrogens with two attached hydrogens (primary N) is 1. The highest BCUT2D eigenvalue weighted by atomic mass is 32.2. The number of rotatable bonds is 3. The maximum absolute atomic E-state index is 12.5. The van der Waals surface area contributed by atoms with Crippen LogP contribution < -0.4 is 10.5 Å². The van der Waals surface area contributed by atoms with Crippen LogP contribution in [0.1, 0.15) is 32.3 Å². The molecule has 5 nitrogen and oxygen atoms in total. The summed E-state index contributed by atoms with van der Waals surface area (Å²) in [6.07, 6.45) is 1.36. The predicted molar refractivity (Wildman–Crippen MR) is 79.0 cm³/mol. The van der Waals surface area contributed by atoms with Crippen molar-refractivity contribution in [3.05, 3.63) is 23.8 Å². The summed E-state index contributed by atoms with van der Waals surface area (Å²) in [4.78, 5) is 0.288. The Morgan fingerprint density at radius 1 is 1.40 bits per heavy atom. The first-order valence-corrected chi connectivity index (χ1v) is 8.20. The van der Waals surface area contributed by atoms with Crippen LogP contribution in [0.2, 0.25) is 0 Å². The van der Waals surface area contributed by atoms with Crippen molar-refractivity contribution in [2.75, 3.05) is 12.3 Å². The molecule has 0 aromatic heterocycles. The lowest BCUT2D eigenvalue weighted by molar-refractivity contribution is -0.0599. The van der Waals surface area contributed by atoms with Crippen LogP contribution in [0.5, 0.6) is 0 Å². The highest BCUT2D eigenvalue weighted by Gasteiger charge is 2.31. The van der Waals surface area contributed by atoms with Crippen molar-refractivity contribution in [3.8, 4) is 0 Å². The minimum absolute atomic E-state index is 0.0966. The fourth-order valence-corrected chi connectivity index (χ4v) is 4.09. The van der Waals surface area contributed by atoms with E-state index in [0.29, 0.717) is 30.7 Å². The van der Waals surface area contributed by atoms with Gasteiger partial charge in [-0.25, -0.2) is 13.1 Å². The van der Waals surface area contributed by atoms with Crippen LogP contribution in [0.15, 0.2) is 23.1 Å². The second kappa shape index (κ2) is 5.35. The van der Waals surface area contributed by atoms with E-state index in [9.17, 15) is 8.42 Å². The number of aryl methyl sites for hydroxylation is 1. The molecule has 1 aliphatic heterocycles. The zero-order valence-corrected chi connectivity index (χ0v) is 13.0. The molecule has 1 unspecified atom stereocenters. The van der Waals surface area contributed by atoms with Gasteiger partial charge in [-0.3, -0.25) is 0 Å². The van der Waals surface area contributed by atoms with E-state index < -0.39 is 10.0 Å². The molecule has 1 fully saturated rings. The average molecular weight is 298 g/mol. The second-order valence-electron chi connectivity index (χ2n) is 5.94. The van der Waals surface area contributed by atoms with Gasteiger partial charge in [0.15, 0.2) is 0 Å². The molecule has 1 saturated heterocycles. The molecule has 112 valence electrons. The monoisotopic (exact) mass is 298 g/mol. The third-order valence-electron chi connectivity index (χ3n) is 3.51. The minimum Gasteiger partial charge on any atom is -0.399 e. The zero-order chi connectivity index (χ0) is 15.0. The number of sulfonamides is 1. The van der Waals surface area contributed by atoms with Gasteiger partial charge < -0.3 is 10.5 Å². The molecule has 3 N–H and O–H groups in total. The minimum atomic E-state index is -3.52. The van der Waals surface area contributed by atoms with Gasteiger partial charge >= 0.3 is 0 Å². The van der Waals surface area contributed by atoms with Crippen molar-refractivity contribution in [2.24, 2.45) is 0 Å². The lowest BCUT2D eigenvalue weighted by Gasteiger charge is -2.35. The van der Waals surface area contributed by atoms with Crippen LogP contribution in [-0.2, 0) is 14.8 Å². The first kappa shape index (κ1) is 15.3. The van der Waals surface area contributed by atoms with Gasteiger partial charge in [0.1, 0.15) is 0 Å². The first-order valence-electron chi connectivity index (χ1n) is 6.72. The number of nitrogens with one attached hydrogen (secondary N) is 1. The Balaban J connectivity index is 2.19. The summed E-state index contributed by atoms with van der Waals surface area (Å²) in [6, 6.07) is 4.73. The van der Waals surface area contributed by atoms with Gasteiger partial charge in [0, 0.05) is 18.3 Å². The normalized spacial score (nSPS) is 22.6. The van der Waals surface area contributed by atoms with E-state index in [1.807, 2.05) is 13.8 Å². The van der Waals surface area contributed by atoms with E-state index in [0.717, 1.165) is 0 Å². The number of anilines is 1. The maximum atomic E-state index is 12.5. The van der Waals surface area contributed by atoms with Crippen molar-refractivity contribution in [1.29, 1.82) is 0 Å². The zero-order valence-electron chi connectivity index (χ0n) is 12.1. The van der Waals surface area contributed by atoms with E-state index in [1.165, 1.54) is 0 Å². The number of nitrogen functional groups attached to an aromatic ring is 1. The summed E-state index contributed by atoms with van der Waals surface area (Å²) in [5.41, 5.74) is 6.59. The summed E-state index contributed by atoms with van der Waals surface area (Å²) in [5.74, 6) is 0. The molecule has 1 heterocycles. The van der Waals surface area contributed by atoms with Gasteiger partial charge in [-0.2, -0.15) is 0 Å². The molecule has 2 rings (SSSR count). The Morgan fingerprint density at radius 2 is 2.10 bits per heavy atom. The molecule has 1 atom stereocenters. The summed E-state index contributed by atoms with van der Waals surface area (Å²) in [7, 11) is -3.52. The fraction of sp³-hybridized carbons (Fsp3) is 0.571. The Kier molecular flexibility index (Phi) is 4.09. The lowest BCUT2D eigenvalue weighted by Crippen LogP contribution is -2.45. The van der Waals surface area contributed by atoms with Crippen LogP contribution in [0.25, 0.3) is 0 Å².